The lowest BCUT2D eigenvalue weighted by molar-refractivity contribution is 0.347. The van der Waals surface area contributed by atoms with Crippen LogP contribution in [0.15, 0.2) is 58.6 Å². The molecule has 3 atom stereocenters. The number of benzene rings is 1. The minimum Gasteiger partial charge on any atom is -0.342 e. The van der Waals surface area contributed by atoms with Gasteiger partial charge in [0.1, 0.15) is 0 Å². The number of hydrogen-bond acceptors (Lipinski definition) is 8. The molecule has 0 spiro atoms. The summed E-state index contributed by atoms with van der Waals surface area (Å²) in [5, 5.41) is 9.04. The highest BCUT2D eigenvalue weighted by Gasteiger charge is 2.59. The average Bonchev–Trinajstić information content (AvgIpc) is 3.21. The van der Waals surface area contributed by atoms with Gasteiger partial charge in [-0.25, -0.2) is 9.37 Å². The number of hydrogen-bond donors (Lipinski definition) is 0. The number of likely N-dealkylation sites (tertiary alicyclic amines) is 1. The van der Waals surface area contributed by atoms with Gasteiger partial charge in [-0.05, 0) is 23.8 Å². The number of guanidine groups is 1. The first kappa shape index (κ1) is 23.2. The van der Waals surface area contributed by atoms with E-state index in [4.69, 9.17) is 10.3 Å². The number of anilines is 1. The van der Waals surface area contributed by atoms with Gasteiger partial charge >= 0.3 is 0 Å². The summed E-state index contributed by atoms with van der Waals surface area (Å²) in [5.41, 5.74) is 2.18. The second kappa shape index (κ2) is 9.00. The van der Waals surface area contributed by atoms with E-state index < -0.39 is 5.82 Å². The van der Waals surface area contributed by atoms with Crippen LogP contribution in [0.4, 0.5) is 10.3 Å². The van der Waals surface area contributed by atoms with E-state index in [1.807, 2.05) is 31.3 Å². The number of nitriles is 1. The van der Waals surface area contributed by atoms with E-state index in [0.717, 1.165) is 50.4 Å². The summed E-state index contributed by atoms with van der Waals surface area (Å²) in [4.78, 5) is 32.7. The molecule has 2 aromatic heterocycles. The third-order valence-corrected chi connectivity index (χ3v) is 7.72. The van der Waals surface area contributed by atoms with E-state index in [2.05, 4.69) is 30.7 Å². The van der Waals surface area contributed by atoms with Gasteiger partial charge in [0.15, 0.2) is 11.8 Å². The molecular weight excluding hydrogens is 471 g/mol. The molecule has 3 aliphatic rings. The van der Waals surface area contributed by atoms with Crippen LogP contribution in [-0.4, -0.2) is 69.6 Å². The summed E-state index contributed by atoms with van der Waals surface area (Å²) < 4.78 is 15.9. The van der Waals surface area contributed by atoms with Crippen molar-refractivity contribution in [1.82, 2.24) is 24.3 Å². The predicted molar refractivity (Wildman–Crippen MR) is 137 cm³/mol. The van der Waals surface area contributed by atoms with Crippen molar-refractivity contribution in [3.63, 3.8) is 0 Å². The molecule has 188 valence electrons. The quantitative estimate of drug-likeness (QED) is 0.532. The number of rotatable bonds is 5. The molecule has 0 radical (unpaired) electrons. The fourth-order valence-electron chi connectivity index (χ4n) is 5.76. The fraction of sp³-hybridized carbons (Fsp3) is 0.370. The minimum absolute atomic E-state index is 0.228. The number of halogens is 1. The Morgan fingerprint density at radius 2 is 1.95 bits per heavy atom. The van der Waals surface area contributed by atoms with Crippen LogP contribution in [0.5, 0.6) is 0 Å². The Hall–Kier alpha value is -4.26. The Morgan fingerprint density at radius 1 is 1.19 bits per heavy atom. The minimum atomic E-state index is -0.501. The van der Waals surface area contributed by atoms with Gasteiger partial charge in [0.2, 0.25) is 5.95 Å². The lowest BCUT2D eigenvalue weighted by atomic mass is 10.1. The van der Waals surface area contributed by atoms with Crippen LogP contribution in [0.1, 0.15) is 11.1 Å². The maximum absolute atomic E-state index is 14.3. The predicted octanol–water partition coefficient (Wildman–Crippen LogP) is 2.09. The Labute approximate surface area is 214 Å². The highest BCUT2D eigenvalue weighted by Crippen LogP contribution is 2.49. The molecule has 1 saturated carbocycles. The molecule has 0 amide bonds. The van der Waals surface area contributed by atoms with Gasteiger partial charge in [0.05, 0.1) is 30.1 Å². The number of nitrogens with zero attached hydrogens (tertiary/aromatic N) is 8. The first-order chi connectivity index (χ1) is 17.9. The molecule has 1 aliphatic carbocycles. The maximum Gasteiger partial charge on any atom is 0.255 e. The molecule has 0 bridgehead atoms. The van der Waals surface area contributed by atoms with Gasteiger partial charge in [-0.15, -0.1) is 0 Å². The summed E-state index contributed by atoms with van der Waals surface area (Å²) in [7, 11) is 3.67. The van der Waals surface area contributed by atoms with Crippen molar-refractivity contribution in [2.75, 3.05) is 38.1 Å². The first-order valence-electron chi connectivity index (χ1n) is 12.4. The number of pyridine rings is 1. The van der Waals surface area contributed by atoms with E-state index in [1.54, 1.807) is 7.05 Å². The largest absolute Gasteiger partial charge is 0.342 e. The summed E-state index contributed by atoms with van der Waals surface area (Å²) in [5.74, 6) is 1.97. The molecule has 3 aromatic rings. The summed E-state index contributed by atoms with van der Waals surface area (Å²) in [6.45, 7) is 4.23. The second-order valence-electron chi connectivity index (χ2n) is 9.94. The third-order valence-electron chi connectivity index (χ3n) is 7.72. The van der Waals surface area contributed by atoms with Crippen molar-refractivity contribution < 1.29 is 4.39 Å². The molecule has 37 heavy (non-hydrogen) atoms. The molecule has 4 heterocycles. The summed E-state index contributed by atoms with van der Waals surface area (Å²) in [6, 6.07) is 13.1. The number of aliphatic imine (C=N–C) groups is 1. The summed E-state index contributed by atoms with van der Waals surface area (Å²) in [6.07, 6.45) is 2.63. The highest BCUT2D eigenvalue weighted by molar-refractivity contribution is 5.82. The lowest BCUT2D eigenvalue weighted by Crippen LogP contribution is -2.44. The Bertz CT molecular complexity index is 1460. The monoisotopic (exact) mass is 498 g/mol. The highest BCUT2D eigenvalue weighted by atomic mass is 19.1. The number of fused-ring (bicyclic) bond motifs is 1. The van der Waals surface area contributed by atoms with Crippen LogP contribution in [0.2, 0.25) is 0 Å². The lowest BCUT2D eigenvalue weighted by Gasteiger charge is -2.31. The van der Waals surface area contributed by atoms with E-state index in [1.165, 1.54) is 22.9 Å². The normalized spacial score (nSPS) is 22.0. The Kier molecular flexibility index (Phi) is 5.63. The molecule has 2 aliphatic heterocycles. The van der Waals surface area contributed by atoms with Crippen LogP contribution < -0.4 is 10.5 Å². The van der Waals surface area contributed by atoms with E-state index in [9.17, 15) is 9.18 Å². The first-order valence-corrected chi connectivity index (χ1v) is 12.4. The van der Waals surface area contributed by atoms with E-state index in [-0.39, 0.29) is 17.2 Å². The van der Waals surface area contributed by atoms with Crippen LogP contribution in [0.25, 0.3) is 11.3 Å². The zero-order chi connectivity index (χ0) is 25.7. The Balaban J connectivity index is 1.15. The zero-order valence-corrected chi connectivity index (χ0v) is 20.8. The molecule has 1 aromatic carbocycles. The topological polar surface area (TPSA) is 93.7 Å². The summed E-state index contributed by atoms with van der Waals surface area (Å²) >= 11 is 0. The molecule has 10 heteroatoms. The zero-order valence-electron chi connectivity index (χ0n) is 20.8. The van der Waals surface area contributed by atoms with Crippen LogP contribution in [0.3, 0.4) is 0 Å². The molecule has 9 nitrogen and oxygen atoms in total. The fourth-order valence-corrected chi connectivity index (χ4v) is 5.76. The molecule has 1 saturated heterocycles. The van der Waals surface area contributed by atoms with Crippen molar-refractivity contribution >= 4 is 11.9 Å². The average molecular weight is 499 g/mol. The van der Waals surface area contributed by atoms with E-state index >= 15 is 0 Å². The SMILES string of the molecule is CN(c1nc(-c2ccncc2F)cc(=O)n1C)C1[C@H]2CN(C3=NCCN3Cc3ccc(C#N)cc3)C[C@@H]12. The Morgan fingerprint density at radius 3 is 2.65 bits per heavy atom. The van der Waals surface area contributed by atoms with Gasteiger partial charge in [0, 0.05) is 76.0 Å². The van der Waals surface area contributed by atoms with E-state index in [0.29, 0.717) is 29.0 Å². The van der Waals surface area contributed by atoms with Gasteiger partial charge in [-0.1, -0.05) is 12.1 Å². The van der Waals surface area contributed by atoms with Gasteiger partial charge in [-0.2, -0.15) is 5.26 Å². The van der Waals surface area contributed by atoms with Crippen molar-refractivity contribution in [3.8, 4) is 17.3 Å². The number of piperidine rings is 1. The van der Waals surface area contributed by atoms with Gasteiger partial charge < -0.3 is 14.7 Å². The molecule has 1 unspecified atom stereocenters. The second-order valence-corrected chi connectivity index (χ2v) is 9.94. The van der Waals surface area contributed by atoms with Gasteiger partial charge in [0.25, 0.3) is 5.56 Å². The van der Waals surface area contributed by atoms with Crippen LogP contribution in [-0.2, 0) is 13.6 Å². The van der Waals surface area contributed by atoms with Crippen molar-refractivity contribution in [1.29, 1.82) is 5.26 Å². The molecule has 2 fully saturated rings. The third kappa shape index (κ3) is 4.10. The number of aromatic nitrogens is 3. The smallest absolute Gasteiger partial charge is 0.255 e. The standard InChI is InChI=1S/C27H27FN8O/c1-33-24(37)11-23(19-7-8-30-13-22(19)28)32-27(33)34(2)25-20-15-36(16-21(20)25)26-31-9-10-35(26)14-18-5-3-17(12-29)4-6-18/h3-8,11,13,20-21,25H,9-10,14-16H2,1-2H3/t20-,21+,25?. The maximum atomic E-state index is 14.3. The van der Waals surface area contributed by atoms with Gasteiger partial charge in [-0.3, -0.25) is 19.3 Å². The molecule has 0 N–H and O–H groups in total. The van der Waals surface area contributed by atoms with Crippen molar-refractivity contribution in [2.24, 2.45) is 23.9 Å². The molecule has 6 rings (SSSR count). The van der Waals surface area contributed by atoms with Crippen LogP contribution >= 0.6 is 0 Å². The molecular formula is C27H27FN8O. The van der Waals surface area contributed by atoms with Crippen molar-refractivity contribution in [2.45, 2.75) is 12.6 Å². The van der Waals surface area contributed by atoms with Crippen LogP contribution in [0, 0.1) is 29.0 Å². The van der Waals surface area contributed by atoms with Crippen molar-refractivity contribution in [3.05, 3.63) is 76.1 Å².